The molecule has 4 nitrogen and oxygen atoms in total. The lowest BCUT2D eigenvalue weighted by molar-refractivity contribution is 0.417. The minimum Gasteiger partial charge on any atom is -0.495 e. The van der Waals surface area contributed by atoms with E-state index in [-0.39, 0.29) is 0 Å². The lowest BCUT2D eigenvalue weighted by Gasteiger charge is -2.12. The zero-order valence-electron chi connectivity index (χ0n) is 15.6. The molecule has 29 heavy (non-hydrogen) atoms. The first kappa shape index (κ1) is 19.2. The number of rotatable bonds is 4. The summed E-state index contributed by atoms with van der Waals surface area (Å²) in [6.07, 6.45) is 1.78. The molecule has 0 amide bonds. The number of methoxy groups -OCH3 is 1. The van der Waals surface area contributed by atoms with Crippen molar-refractivity contribution in [1.82, 2.24) is 5.43 Å². The van der Waals surface area contributed by atoms with Crippen molar-refractivity contribution in [2.75, 3.05) is 12.4 Å². The van der Waals surface area contributed by atoms with Gasteiger partial charge in [0.1, 0.15) is 5.75 Å². The topological polar surface area (TPSA) is 45.6 Å². The van der Waals surface area contributed by atoms with Gasteiger partial charge in [-0.25, -0.2) is 0 Å². The summed E-state index contributed by atoms with van der Waals surface area (Å²) in [4.78, 5) is 0. The third kappa shape index (κ3) is 3.88. The molecule has 0 heterocycles. The van der Waals surface area contributed by atoms with Gasteiger partial charge >= 0.3 is 0 Å². The Morgan fingerprint density at radius 3 is 2.07 bits per heavy atom. The third-order valence-electron chi connectivity index (χ3n) is 4.62. The molecule has 0 saturated heterocycles. The van der Waals surface area contributed by atoms with E-state index >= 15 is 0 Å². The fraction of sp³-hybridized carbons (Fsp3) is 0.0435. The van der Waals surface area contributed by atoms with Crippen LogP contribution in [0.5, 0.6) is 5.75 Å². The van der Waals surface area contributed by atoms with Crippen molar-refractivity contribution in [2.24, 2.45) is 5.10 Å². The first-order chi connectivity index (χ1) is 14.2. The van der Waals surface area contributed by atoms with Gasteiger partial charge in [-0.05, 0) is 35.1 Å². The second kappa shape index (κ2) is 8.47. The molecule has 4 aromatic carbocycles. The molecule has 0 saturated carbocycles. The average Bonchev–Trinajstić information content (AvgIpc) is 2.76. The van der Waals surface area contributed by atoms with Gasteiger partial charge in [-0.3, -0.25) is 5.43 Å². The predicted molar refractivity (Wildman–Crippen MR) is 126 cm³/mol. The summed E-state index contributed by atoms with van der Waals surface area (Å²) in [6, 6.07) is 23.6. The molecule has 4 aromatic rings. The molecular formula is C23H18ClN3OS. The highest BCUT2D eigenvalue weighted by Crippen LogP contribution is 2.35. The summed E-state index contributed by atoms with van der Waals surface area (Å²) in [5, 5.41) is 12.6. The number of hydrogen-bond donors (Lipinski definition) is 2. The summed E-state index contributed by atoms with van der Waals surface area (Å²) in [5.74, 6) is 0.704. The normalized spacial score (nSPS) is 11.1. The quantitative estimate of drug-likeness (QED) is 0.185. The van der Waals surface area contributed by atoms with E-state index in [1.165, 1.54) is 0 Å². The number of benzene rings is 4. The number of nitrogens with one attached hydrogen (secondary N) is 2. The monoisotopic (exact) mass is 419 g/mol. The fourth-order valence-corrected chi connectivity index (χ4v) is 3.79. The second-order valence-electron chi connectivity index (χ2n) is 6.34. The van der Waals surface area contributed by atoms with E-state index in [9.17, 15) is 0 Å². The molecule has 0 aromatic heterocycles. The second-order valence-corrected chi connectivity index (χ2v) is 7.13. The van der Waals surface area contributed by atoms with Crippen molar-refractivity contribution in [3.63, 3.8) is 0 Å². The van der Waals surface area contributed by atoms with Crippen LogP contribution in [0, 0.1) is 0 Å². The molecular weight excluding hydrogens is 402 g/mol. The number of thiocarbonyl (C=S) groups is 1. The third-order valence-corrected chi connectivity index (χ3v) is 5.22. The molecule has 0 aliphatic carbocycles. The van der Waals surface area contributed by atoms with E-state index < -0.39 is 0 Å². The Labute approximate surface area is 179 Å². The van der Waals surface area contributed by atoms with Gasteiger partial charge in [-0.15, -0.1) is 0 Å². The molecule has 0 atom stereocenters. The van der Waals surface area contributed by atoms with Crippen LogP contribution in [0.15, 0.2) is 77.9 Å². The lowest BCUT2D eigenvalue weighted by atomic mass is 9.97. The number of halogens is 1. The molecule has 0 radical (unpaired) electrons. The predicted octanol–water partition coefficient (Wildman–Crippen LogP) is 5.98. The van der Waals surface area contributed by atoms with Crippen LogP contribution in [0.1, 0.15) is 5.56 Å². The highest BCUT2D eigenvalue weighted by molar-refractivity contribution is 7.80. The zero-order chi connectivity index (χ0) is 20.2. The van der Waals surface area contributed by atoms with Gasteiger partial charge < -0.3 is 10.1 Å². The van der Waals surface area contributed by atoms with E-state index in [4.69, 9.17) is 28.6 Å². The van der Waals surface area contributed by atoms with E-state index in [0.717, 1.165) is 37.8 Å². The van der Waals surface area contributed by atoms with Crippen LogP contribution < -0.4 is 15.5 Å². The van der Waals surface area contributed by atoms with Crippen molar-refractivity contribution in [3.05, 3.63) is 83.4 Å². The molecule has 144 valence electrons. The smallest absolute Gasteiger partial charge is 0.191 e. The highest BCUT2D eigenvalue weighted by atomic mass is 35.5. The Hall–Kier alpha value is -3.15. The van der Waals surface area contributed by atoms with E-state index in [2.05, 4.69) is 15.8 Å². The van der Waals surface area contributed by atoms with Crippen LogP contribution in [0.4, 0.5) is 5.69 Å². The van der Waals surface area contributed by atoms with Gasteiger partial charge in [-0.1, -0.05) is 72.3 Å². The van der Waals surface area contributed by atoms with E-state index in [0.29, 0.717) is 10.9 Å². The van der Waals surface area contributed by atoms with Gasteiger partial charge in [0.15, 0.2) is 5.11 Å². The standard InChI is InChI=1S/C23H18ClN3OS/c1-28-21-13-7-6-12-20(21)26-23(29)27-25-14-19-15-8-2-4-10-17(15)22(24)18-11-5-3-9-16(18)19/h2-14H,1H3,(H2,26,27,29). The number of para-hydroxylation sites is 2. The Morgan fingerprint density at radius 2 is 1.45 bits per heavy atom. The zero-order valence-corrected chi connectivity index (χ0v) is 17.2. The van der Waals surface area contributed by atoms with Crippen LogP contribution in [0.25, 0.3) is 21.5 Å². The highest BCUT2D eigenvalue weighted by Gasteiger charge is 2.11. The molecule has 0 unspecified atom stereocenters. The van der Waals surface area contributed by atoms with Gasteiger partial charge in [0, 0.05) is 16.3 Å². The Bertz CT molecular complexity index is 1180. The average molecular weight is 420 g/mol. The number of nitrogens with zero attached hydrogens (tertiary/aromatic N) is 1. The van der Waals surface area contributed by atoms with Crippen molar-refractivity contribution in [2.45, 2.75) is 0 Å². The number of fused-ring (bicyclic) bond motifs is 2. The summed E-state index contributed by atoms with van der Waals surface area (Å²) in [6.45, 7) is 0. The summed E-state index contributed by atoms with van der Waals surface area (Å²) < 4.78 is 5.33. The minimum absolute atomic E-state index is 0.369. The SMILES string of the molecule is COc1ccccc1NC(=S)NN=Cc1c2ccccc2c(Cl)c2ccccc12. The summed E-state index contributed by atoms with van der Waals surface area (Å²) in [5.41, 5.74) is 4.62. The van der Waals surface area contributed by atoms with Crippen LogP contribution in [0.3, 0.4) is 0 Å². The summed E-state index contributed by atoms with van der Waals surface area (Å²) in [7, 11) is 1.62. The Morgan fingerprint density at radius 1 is 0.897 bits per heavy atom. The van der Waals surface area contributed by atoms with Gasteiger partial charge in [0.25, 0.3) is 0 Å². The van der Waals surface area contributed by atoms with Crippen LogP contribution in [-0.4, -0.2) is 18.4 Å². The van der Waals surface area contributed by atoms with Crippen LogP contribution in [0.2, 0.25) is 5.02 Å². The molecule has 0 spiro atoms. The Kier molecular flexibility index (Phi) is 5.60. The Balaban J connectivity index is 1.64. The van der Waals surface area contributed by atoms with Crippen molar-refractivity contribution in [1.29, 1.82) is 0 Å². The lowest BCUT2D eigenvalue weighted by Crippen LogP contribution is -2.24. The number of ether oxygens (including phenoxy) is 1. The van der Waals surface area contributed by atoms with E-state index in [1.807, 2.05) is 72.8 Å². The van der Waals surface area contributed by atoms with Gasteiger partial charge in [-0.2, -0.15) is 5.10 Å². The first-order valence-electron chi connectivity index (χ1n) is 9.01. The molecule has 0 aliphatic rings. The number of hydrogen-bond acceptors (Lipinski definition) is 3. The molecule has 0 fully saturated rings. The molecule has 4 rings (SSSR count). The minimum atomic E-state index is 0.369. The van der Waals surface area contributed by atoms with Crippen LogP contribution >= 0.6 is 23.8 Å². The first-order valence-corrected chi connectivity index (χ1v) is 9.79. The summed E-state index contributed by atoms with van der Waals surface area (Å²) >= 11 is 12.0. The van der Waals surface area contributed by atoms with Gasteiger partial charge in [0.05, 0.1) is 24.0 Å². The van der Waals surface area contributed by atoms with Crippen LogP contribution in [-0.2, 0) is 0 Å². The molecule has 2 N–H and O–H groups in total. The van der Waals surface area contributed by atoms with Crippen molar-refractivity contribution in [3.8, 4) is 5.75 Å². The molecule has 6 heteroatoms. The van der Waals surface area contributed by atoms with E-state index in [1.54, 1.807) is 13.3 Å². The van der Waals surface area contributed by atoms with Gasteiger partial charge in [0.2, 0.25) is 0 Å². The maximum atomic E-state index is 6.65. The molecule has 0 aliphatic heterocycles. The van der Waals surface area contributed by atoms with Crippen molar-refractivity contribution >= 4 is 62.4 Å². The largest absolute Gasteiger partial charge is 0.495 e. The number of hydrazone groups is 1. The fourth-order valence-electron chi connectivity index (χ4n) is 3.30. The van der Waals surface area contributed by atoms with Crippen molar-refractivity contribution < 1.29 is 4.74 Å². The number of anilines is 1. The molecule has 0 bridgehead atoms. The maximum Gasteiger partial charge on any atom is 0.191 e. The maximum absolute atomic E-state index is 6.65.